The fourth-order valence-electron chi connectivity index (χ4n) is 3.62. The largest absolute Gasteiger partial charge is 0.353 e. The standard InChI is InChI=1S/C15H17ClFN5S/c1-21-8-3-4-9(21)7-22(6-8)14-10-5-18-13(16)11(17)12(10)19-15(20-14)23-2/h5,8-9H,3-4,6-7H2,1-2H3. The molecule has 122 valence electrons. The molecule has 8 heteroatoms. The Labute approximate surface area is 143 Å². The highest BCUT2D eigenvalue weighted by Gasteiger charge is 2.38. The van der Waals surface area contributed by atoms with Crippen LogP contribution in [-0.2, 0) is 0 Å². The van der Waals surface area contributed by atoms with Gasteiger partial charge in [-0.1, -0.05) is 23.4 Å². The van der Waals surface area contributed by atoms with Gasteiger partial charge in [0, 0.05) is 31.4 Å². The Bertz CT molecular complexity index is 759. The van der Waals surface area contributed by atoms with Crippen molar-refractivity contribution in [1.82, 2.24) is 19.9 Å². The van der Waals surface area contributed by atoms with Gasteiger partial charge in [-0.15, -0.1) is 0 Å². The molecule has 2 aromatic rings. The van der Waals surface area contributed by atoms with E-state index in [-0.39, 0.29) is 10.7 Å². The van der Waals surface area contributed by atoms with E-state index in [1.807, 2.05) is 6.26 Å². The lowest BCUT2D eigenvalue weighted by Crippen LogP contribution is -2.52. The zero-order chi connectivity index (χ0) is 16.1. The summed E-state index contributed by atoms with van der Waals surface area (Å²) in [5.74, 6) is 0.202. The molecule has 0 saturated carbocycles. The molecule has 0 radical (unpaired) electrons. The van der Waals surface area contributed by atoms with Gasteiger partial charge in [0.1, 0.15) is 11.3 Å². The van der Waals surface area contributed by atoms with Gasteiger partial charge in [-0.05, 0) is 26.1 Å². The Hall–Kier alpha value is -1.18. The van der Waals surface area contributed by atoms with Crippen LogP contribution in [0, 0.1) is 5.82 Å². The number of likely N-dealkylation sites (N-methyl/N-ethyl adjacent to an activating group) is 1. The summed E-state index contributed by atoms with van der Waals surface area (Å²) in [6.07, 6.45) is 5.88. The summed E-state index contributed by atoms with van der Waals surface area (Å²) >= 11 is 7.23. The molecule has 2 bridgehead atoms. The Morgan fingerprint density at radius 3 is 2.61 bits per heavy atom. The molecule has 4 heterocycles. The molecule has 2 aromatic heterocycles. The summed E-state index contributed by atoms with van der Waals surface area (Å²) in [5.41, 5.74) is 0.255. The number of aromatic nitrogens is 3. The molecule has 5 nitrogen and oxygen atoms in total. The first kappa shape index (κ1) is 15.4. The van der Waals surface area contributed by atoms with E-state index in [2.05, 4.69) is 31.8 Å². The van der Waals surface area contributed by atoms with E-state index in [4.69, 9.17) is 11.6 Å². The van der Waals surface area contributed by atoms with Gasteiger partial charge in [0.25, 0.3) is 0 Å². The summed E-state index contributed by atoms with van der Waals surface area (Å²) in [5, 5.41) is 1.04. The molecule has 0 amide bonds. The van der Waals surface area contributed by atoms with Crippen LogP contribution in [0.2, 0.25) is 5.15 Å². The number of thioether (sulfide) groups is 1. The number of hydrogen-bond donors (Lipinski definition) is 0. The Balaban J connectivity index is 1.85. The SMILES string of the molecule is CSc1nc(N2CC3CCC(C2)N3C)c2cnc(Cl)c(F)c2n1. The minimum Gasteiger partial charge on any atom is -0.353 e. The van der Waals surface area contributed by atoms with Crippen LogP contribution >= 0.6 is 23.4 Å². The van der Waals surface area contributed by atoms with E-state index >= 15 is 0 Å². The van der Waals surface area contributed by atoms with E-state index < -0.39 is 5.82 Å². The third kappa shape index (κ3) is 2.45. The van der Waals surface area contributed by atoms with Crippen molar-refractivity contribution in [3.8, 4) is 0 Å². The molecule has 4 rings (SSSR count). The molecule has 2 saturated heterocycles. The summed E-state index contributed by atoms with van der Waals surface area (Å²) in [6.45, 7) is 1.80. The third-order valence-electron chi connectivity index (χ3n) is 4.93. The molecule has 2 aliphatic rings. The zero-order valence-corrected chi connectivity index (χ0v) is 14.5. The Morgan fingerprint density at radius 2 is 1.96 bits per heavy atom. The molecule has 2 fully saturated rings. The molecule has 23 heavy (non-hydrogen) atoms. The first-order valence-corrected chi connectivity index (χ1v) is 9.21. The normalized spacial score (nSPS) is 24.6. The van der Waals surface area contributed by atoms with Crippen molar-refractivity contribution < 1.29 is 4.39 Å². The van der Waals surface area contributed by atoms with E-state index in [0.717, 1.165) is 18.9 Å². The number of piperazine rings is 1. The fraction of sp³-hybridized carbons (Fsp3) is 0.533. The number of fused-ring (bicyclic) bond motifs is 3. The maximum absolute atomic E-state index is 14.4. The second kappa shape index (κ2) is 5.72. The maximum Gasteiger partial charge on any atom is 0.189 e. The number of rotatable bonds is 2. The highest BCUT2D eigenvalue weighted by Crippen LogP contribution is 2.35. The van der Waals surface area contributed by atoms with E-state index in [1.165, 1.54) is 24.6 Å². The average molecular weight is 354 g/mol. The van der Waals surface area contributed by atoms with Crippen molar-refractivity contribution in [3.05, 3.63) is 17.2 Å². The van der Waals surface area contributed by atoms with E-state index in [1.54, 1.807) is 6.20 Å². The molecule has 2 atom stereocenters. The Kier molecular flexibility index (Phi) is 3.82. The van der Waals surface area contributed by atoms with Crippen LogP contribution in [0.25, 0.3) is 10.9 Å². The van der Waals surface area contributed by atoms with Crippen molar-refractivity contribution in [2.45, 2.75) is 30.1 Å². The van der Waals surface area contributed by atoms with Gasteiger partial charge in [0.05, 0.1) is 5.39 Å². The number of halogens is 2. The lowest BCUT2D eigenvalue weighted by Gasteiger charge is -2.39. The smallest absolute Gasteiger partial charge is 0.189 e. The van der Waals surface area contributed by atoms with Crippen molar-refractivity contribution in [2.75, 3.05) is 31.3 Å². The monoisotopic (exact) mass is 353 g/mol. The van der Waals surface area contributed by atoms with Crippen LogP contribution in [0.15, 0.2) is 11.4 Å². The number of anilines is 1. The molecular formula is C15H17ClFN5S. The van der Waals surface area contributed by atoms with Crippen LogP contribution in [0.3, 0.4) is 0 Å². The van der Waals surface area contributed by atoms with Crippen LogP contribution in [-0.4, -0.2) is 58.3 Å². The maximum atomic E-state index is 14.4. The van der Waals surface area contributed by atoms with Gasteiger partial charge in [-0.25, -0.2) is 19.3 Å². The summed E-state index contributed by atoms with van der Waals surface area (Å²) in [4.78, 5) is 17.6. The number of nitrogens with zero attached hydrogens (tertiary/aromatic N) is 5. The average Bonchev–Trinajstić information content (AvgIpc) is 2.77. The quantitative estimate of drug-likeness (QED) is 0.470. The molecule has 0 aliphatic carbocycles. The van der Waals surface area contributed by atoms with Gasteiger partial charge in [0.2, 0.25) is 0 Å². The fourth-order valence-corrected chi connectivity index (χ4v) is 4.12. The molecular weight excluding hydrogens is 337 g/mol. The number of hydrogen-bond acceptors (Lipinski definition) is 6. The second-order valence-corrected chi connectivity index (χ2v) is 7.25. The molecule has 2 unspecified atom stereocenters. The topological polar surface area (TPSA) is 45.2 Å². The third-order valence-corrected chi connectivity index (χ3v) is 5.74. The van der Waals surface area contributed by atoms with E-state index in [0.29, 0.717) is 22.6 Å². The minimum atomic E-state index is -0.569. The van der Waals surface area contributed by atoms with E-state index in [9.17, 15) is 4.39 Å². The highest BCUT2D eigenvalue weighted by molar-refractivity contribution is 7.98. The van der Waals surface area contributed by atoms with Crippen LogP contribution in [0.4, 0.5) is 10.2 Å². The molecule has 0 spiro atoms. The van der Waals surface area contributed by atoms with Crippen LogP contribution in [0.5, 0.6) is 0 Å². The Morgan fingerprint density at radius 1 is 1.26 bits per heavy atom. The molecule has 2 aliphatic heterocycles. The van der Waals surface area contributed by atoms with Crippen molar-refractivity contribution in [1.29, 1.82) is 0 Å². The lowest BCUT2D eigenvalue weighted by molar-refractivity contribution is 0.212. The van der Waals surface area contributed by atoms with Crippen molar-refractivity contribution in [2.24, 2.45) is 0 Å². The van der Waals surface area contributed by atoms with Gasteiger partial charge in [-0.2, -0.15) is 0 Å². The second-order valence-electron chi connectivity index (χ2n) is 6.11. The predicted octanol–water partition coefficient (Wildman–Crippen LogP) is 2.82. The highest BCUT2D eigenvalue weighted by atomic mass is 35.5. The summed E-state index contributed by atoms with van der Waals surface area (Å²) in [6, 6.07) is 1.06. The van der Waals surface area contributed by atoms with Crippen molar-refractivity contribution in [3.63, 3.8) is 0 Å². The first-order chi connectivity index (χ1) is 11.1. The van der Waals surface area contributed by atoms with Crippen LogP contribution in [0.1, 0.15) is 12.8 Å². The molecule has 0 aromatic carbocycles. The van der Waals surface area contributed by atoms with Gasteiger partial charge >= 0.3 is 0 Å². The lowest BCUT2D eigenvalue weighted by atomic mass is 10.2. The van der Waals surface area contributed by atoms with Gasteiger partial charge < -0.3 is 4.90 Å². The minimum absolute atomic E-state index is 0.146. The number of pyridine rings is 1. The summed E-state index contributed by atoms with van der Waals surface area (Å²) < 4.78 is 14.4. The predicted molar refractivity (Wildman–Crippen MR) is 90.9 cm³/mol. The van der Waals surface area contributed by atoms with Crippen molar-refractivity contribution >= 4 is 40.1 Å². The van der Waals surface area contributed by atoms with Gasteiger partial charge in [0.15, 0.2) is 16.1 Å². The molecule has 0 N–H and O–H groups in total. The van der Waals surface area contributed by atoms with Gasteiger partial charge in [-0.3, -0.25) is 4.90 Å². The van der Waals surface area contributed by atoms with Crippen LogP contribution < -0.4 is 4.90 Å². The first-order valence-electron chi connectivity index (χ1n) is 7.61. The summed E-state index contributed by atoms with van der Waals surface area (Å²) in [7, 11) is 2.19. The zero-order valence-electron chi connectivity index (χ0n) is 13.0.